The summed E-state index contributed by atoms with van der Waals surface area (Å²) in [7, 11) is 0. The predicted octanol–water partition coefficient (Wildman–Crippen LogP) is 4.08. The predicted molar refractivity (Wildman–Crippen MR) is 78.0 cm³/mol. The monoisotopic (exact) mass is 257 g/mol. The molecule has 0 fully saturated rings. The summed E-state index contributed by atoms with van der Waals surface area (Å²) in [6, 6.07) is 11.6. The molecule has 2 aromatic carbocycles. The van der Waals surface area contributed by atoms with Crippen LogP contribution in [0.5, 0.6) is 17.2 Å². The molecule has 0 unspecified atom stereocenters. The maximum atomic E-state index is 6.04. The van der Waals surface area contributed by atoms with Crippen LogP contribution >= 0.6 is 0 Å². The lowest BCUT2D eigenvalue weighted by Crippen LogP contribution is -1.99. The molecule has 2 rings (SSSR count). The molecule has 3 heteroatoms. The van der Waals surface area contributed by atoms with Crippen LogP contribution in [0.2, 0.25) is 0 Å². The van der Waals surface area contributed by atoms with E-state index < -0.39 is 0 Å². The Morgan fingerprint density at radius 2 is 1.63 bits per heavy atom. The summed E-state index contributed by atoms with van der Waals surface area (Å²) in [6.07, 6.45) is 0. The average Bonchev–Trinajstić information content (AvgIpc) is 2.33. The van der Waals surface area contributed by atoms with Gasteiger partial charge < -0.3 is 15.2 Å². The molecule has 0 saturated carbocycles. The smallest absolute Gasteiger partial charge is 0.154 e. The Kier molecular flexibility index (Phi) is 3.95. The van der Waals surface area contributed by atoms with Gasteiger partial charge in [-0.1, -0.05) is 12.1 Å². The van der Waals surface area contributed by atoms with Gasteiger partial charge in [0.05, 0.1) is 6.61 Å². The topological polar surface area (TPSA) is 44.5 Å². The average molecular weight is 257 g/mol. The first-order chi connectivity index (χ1) is 9.10. The number of benzene rings is 2. The lowest BCUT2D eigenvalue weighted by Gasteiger charge is -2.13. The number of nitrogens with two attached hydrogens (primary N) is 1. The summed E-state index contributed by atoms with van der Waals surface area (Å²) in [6.45, 7) is 6.59. The molecular formula is C16H19NO2. The quantitative estimate of drug-likeness (QED) is 0.839. The minimum Gasteiger partial charge on any atom is -0.492 e. The lowest BCUT2D eigenvalue weighted by molar-refractivity contribution is 0.340. The molecule has 0 bridgehead atoms. The second-order valence-electron chi connectivity index (χ2n) is 4.53. The number of ether oxygens (including phenoxy) is 2. The third-order valence-electron chi connectivity index (χ3n) is 2.75. The summed E-state index contributed by atoms with van der Waals surface area (Å²) in [5, 5.41) is 0. The first kappa shape index (κ1) is 13.3. The fraction of sp³-hybridized carbons (Fsp3) is 0.250. The maximum absolute atomic E-state index is 6.04. The molecule has 3 nitrogen and oxygen atoms in total. The normalized spacial score (nSPS) is 10.3. The van der Waals surface area contributed by atoms with Crippen molar-refractivity contribution in [1.29, 1.82) is 0 Å². The zero-order valence-corrected chi connectivity index (χ0v) is 11.6. The number of nitrogen functional groups attached to an aromatic ring is 1. The highest BCUT2D eigenvalue weighted by Crippen LogP contribution is 2.34. The van der Waals surface area contributed by atoms with E-state index in [9.17, 15) is 0 Å². The largest absolute Gasteiger partial charge is 0.492 e. The van der Waals surface area contributed by atoms with Crippen LogP contribution in [-0.2, 0) is 0 Å². The number of para-hydroxylation sites is 1. The van der Waals surface area contributed by atoms with Crippen LogP contribution < -0.4 is 15.2 Å². The second-order valence-corrected chi connectivity index (χ2v) is 4.53. The molecular weight excluding hydrogens is 238 g/mol. The Morgan fingerprint density at radius 3 is 2.26 bits per heavy atom. The number of hydrogen-bond donors (Lipinski definition) is 1. The highest BCUT2D eigenvalue weighted by molar-refractivity contribution is 5.63. The van der Waals surface area contributed by atoms with Crippen LogP contribution in [0.1, 0.15) is 18.1 Å². The van der Waals surface area contributed by atoms with Gasteiger partial charge in [0.15, 0.2) is 5.75 Å². The minimum absolute atomic E-state index is 0.531. The highest BCUT2D eigenvalue weighted by atomic mass is 16.5. The van der Waals surface area contributed by atoms with E-state index in [4.69, 9.17) is 15.2 Å². The Morgan fingerprint density at radius 1 is 1.00 bits per heavy atom. The maximum Gasteiger partial charge on any atom is 0.154 e. The van der Waals surface area contributed by atoms with E-state index in [0.717, 1.165) is 16.9 Å². The van der Waals surface area contributed by atoms with Crippen molar-refractivity contribution in [2.24, 2.45) is 0 Å². The Bertz CT molecular complexity index is 559. The summed E-state index contributed by atoms with van der Waals surface area (Å²) < 4.78 is 11.3. The van der Waals surface area contributed by atoms with Crippen molar-refractivity contribution in [3.63, 3.8) is 0 Å². The van der Waals surface area contributed by atoms with E-state index in [0.29, 0.717) is 23.8 Å². The third-order valence-corrected chi connectivity index (χ3v) is 2.75. The molecule has 0 aliphatic rings. The molecule has 0 aliphatic heterocycles. The Hall–Kier alpha value is -2.16. The van der Waals surface area contributed by atoms with Gasteiger partial charge in [-0.3, -0.25) is 0 Å². The zero-order chi connectivity index (χ0) is 13.8. The Labute approximate surface area is 114 Å². The van der Waals surface area contributed by atoms with Gasteiger partial charge in [-0.05, 0) is 56.2 Å². The lowest BCUT2D eigenvalue weighted by atomic mass is 10.1. The van der Waals surface area contributed by atoms with Crippen LogP contribution in [0.25, 0.3) is 0 Å². The van der Waals surface area contributed by atoms with Crippen LogP contribution in [-0.4, -0.2) is 6.61 Å². The van der Waals surface area contributed by atoms with Gasteiger partial charge in [-0.25, -0.2) is 0 Å². The fourth-order valence-corrected chi connectivity index (χ4v) is 2.01. The second kappa shape index (κ2) is 5.65. The van der Waals surface area contributed by atoms with Gasteiger partial charge in [-0.2, -0.15) is 0 Å². The van der Waals surface area contributed by atoms with E-state index in [2.05, 4.69) is 6.07 Å². The van der Waals surface area contributed by atoms with Crippen molar-refractivity contribution in [2.75, 3.05) is 12.3 Å². The molecule has 19 heavy (non-hydrogen) atoms. The van der Waals surface area contributed by atoms with E-state index in [-0.39, 0.29) is 0 Å². The number of hydrogen-bond acceptors (Lipinski definition) is 3. The minimum atomic E-state index is 0.531. The van der Waals surface area contributed by atoms with Crippen molar-refractivity contribution in [2.45, 2.75) is 20.8 Å². The molecule has 0 heterocycles. The molecule has 0 amide bonds. The molecule has 0 aliphatic carbocycles. The molecule has 100 valence electrons. The van der Waals surface area contributed by atoms with Crippen molar-refractivity contribution >= 4 is 5.69 Å². The van der Waals surface area contributed by atoms with E-state index >= 15 is 0 Å². The van der Waals surface area contributed by atoms with Gasteiger partial charge in [0, 0.05) is 0 Å². The molecule has 0 saturated heterocycles. The Balaban J connectivity index is 2.30. The fourth-order valence-electron chi connectivity index (χ4n) is 2.01. The number of anilines is 1. The number of rotatable bonds is 4. The van der Waals surface area contributed by atoms with E-state index in [1.54, 1.807) is 0 Å². The van der Waals surface area contributed by atoms with Crippen molar-refractivity contribution in [1.82, 2.24) is 0 Å². The first-order valence-corrected chi connectivity index (χ1v) is 6.37. The van der Waals surface area contributed by atoms with E-state index in [1.165, 1.54) is 0 Å². The van der Waals surface area contributed by atoms with Crippen LogP contribution in [0, 0.1) is 13.8 Å². The van der Waals surface area contributed by atoms with Gasteiger partial charge in [0.2, 0.25) is 0 Å². The van der Waals surface area contributed by atoms with Gasteiger partial charge in [-0.15, -0.1) is 0 Å². The highest BCUT2D eigenvalue weighted by Gasteiger charge is 2.08. The number of aryl methyl sites for hydroxylation is 2. The van der Waals surface area contributed by atoms with Gasteiger partial charge in [0.25, 0.3) is 0 Å². The molecule has 0 radical (unpaired) electrons. The first-order valence-electron chi connectivity index (χ1n) is 6.37. The van der Waals surface area contributed by atoms with Crippen molar-refractivity contribution in [3.05, 3.63) is 47.5 Å². The van der Waals surface area contributed by atoms with Crippen molar-refractivity contribution < 1.29 is 9.47 Å². The van der Waals surface area contributed by atoms with E-state index in [1.807, 2.05) is 51.1 Å². The molecule has 2 N–H and O–H groups in total. The summed E-state index contributed by atoms with van der Waals surface area (Å²) >= 11 is 0. The summed E-state index contributed by atoms with van der Waals surface area (Å²) in [5.74, 6) is 2.07. The molecule has 0 atom stereocenters. The molecule has 0 spiro atoms. The standard InChI is InChI=1S/C16H19NO2/c1-4-18-14-6-5-7-15(16(14)17)19-13-9-11(2)8-12(3)10-13/h5-10H,4,17H2,1-3H3. The molecule has 0 aromatic heterocycles. The van der Waals surface area contributed by atoms with Gasteiger partial charge in [0.1, 0.15) is 17.2 Å². The molecule has 2 aromatic rings. The van der Waals surface area contributed by atoms with Crippen LogP contribution in [0.15, 0.2) is 36.4 Å². The summed E-state index contributed by atoms with van der Waals surface area (Å²) in [4.78, 5) is 0. The van der Waals surface area contributed by atoms with Crippen LogP contribution in [0.4, 0.5) is 5.69 Å². The third kappa shape index (κ3) is 3.19. The van der Waals surface area contributed by atoms with Gasteiger partial charge >= 0.3 is 0 Å². The summed E-state index contributed by atoms with van der Waals surface area (Å²) in [5.41, 5.74) is 8.90. The van der Waals surface area contributed by atoms with Crippen molar-refractivity contribution in [3.8, 4) is 17.2 Å². The van der Waals surface area contributed by atoms with Crippen LogP contribution in [0.3, 0.4) is 0 Å². The SMILES string of the molecule is CCOc1cccc(Oc2cc(C)cc(C)c2)c1N. The zero-order valence-electron chi connectivity index (χ0n) is 11.6.